The van der Waals surface area contributed by atoms with Gasteiger partial charge in [0, 0.05) is 32.7 Å². The third kappa shape index (κ3) is 3.57. The second-order valence-corrected chi connectivity index (χ2v) is 6.59. The molecule has 2 heteroatoms. The molecule has 0 aliphatic carbocycles. The zero-order valence-corrected chi connectivity index (χ0v) is 14.0. The molecule has 3 rings (SSSR count). The van der Waals surface area contributed by atoms with E-state index in [-0.39, 0.29) is 0 Å². The van der Waals surface area contributed by atoms with Crippen molar-refractivity contribution in [2.24, 2.45) is 0 Å². The lowest BCUT2D eigenvalue weighted by Crippen LogP contribution is -2.43. The molecule has 2 aromatic rings. The van der Waals surface area contributed by atoms with Crippen molar-refractivity contribution in [1.29, 1.82) is 0 Å². The minimum atomic E-state index is 1.08. The van der Waals surface area contributed by atoms with E-state index in [0.29, 0.717) is 0 Å². The molecule has 0 N–H and O–H groups in total. The van der Waals surface area contributed by atoms with E-state index in [4.69, 9.17) is 0 Å². The van der Waals surface area contributed by atoms with Crippen LogP contribution in [0.15, 0.2) is 42.5 Å². The summed E-state index contributed by atoms with van der Waals surface area (Å²) in [6, 6.07) is 15.7. The van der Waals surface area contributed by atoms with Gasteiger partial charge in [-0.2, -0.15) is 0 Å². The Bertz CT molecular complexity index is 640. The van der Waals surface area contributed by atoms with Gasteiger partial charge in [0.1, 0.15) is 0 Å². The second-order valence-electron chi connectivity index (χ2n) is 6.59. The van der Waals surface area contributed by atoms with Crippen molar-refractivity contribution in [3.05, 3.63) is 59.2 Å². The molecule has 0 unspecified atom stereocenters. The summed E-state index contributed by atoms with van der Waals surface area (Å²) in [6.07, 6.45) is 0. The van der Waals surface area contributed by atoms with Crippen molar-refractivity contribution in [3.63, 3.8) is 0 Å². The molecule has 0 spiro atoms. The average Bonchev–Trinajstić information content (AvgIpc) is 2.51. The van der Waals surface area contributed by atoms with Crippen LogP contribution < -0.4 is 0 Å². The number of hydrogen-bond donors (Lipinski definition) is 0. The lowest BCUT2D eigenvalue weighted by atomic mass is 9.98. The smallest absolute Gasteiger partial charge is 0.0237 e. The van der Waals surface area contributed by atoms with Crippen LogP contribution in [0, 0.1) is 13.8 Å². The number of rotatable bonds is 3. The van der Waals surface area contributed by atoms with Crippen LogP contribution in [0.2, 0.25) is 0 Å². The van der Waals surface area contributed by atoms with Crippen LogP contribution in [0.4, 0.5) is 0 Å². The van der Waals surface area contributed by atoms with Gasteiger partial charge in [-0.05, 0) is 43.1 Å². The van der Waals surface area contributed by atoms with E-state index in [9.17, 15) is 0 Å². The molecule has 0 amide bonds. The van der Waals surface area contributed by atoms with Crippen molar-refractivity contribution >= 4 is 0 Å². The lowest BCUT2D eigenvalue weighted by molar-refractivity contribution is 0.148. The highest BCUT2D eigenvalue weighted by atomic mass is 15.2. The van der Waals surface area contributed by atoms with Crippen LogP contribution >= 0.6 is 0 Å². The molecular formula is C20H26N2. The molecule has 0 bridgehead atoms. The van der Waals surface area contributed by atoms with E-state index in [2.05, 4.69) is 73.2 Å². The maximum absolute atomic E-state index is 2.56. The van der Waals surface area contributed by atoms with Crippen molar-refractivity contribution in [2.75, 3.05) is 33.2 Å². The van der Waals surface area contributed by atoms with E-state index in [0.717, 1.165) is 6.54 Å². The van der Waals surface area contributed by atoms with Gasteiger partial charge >= 0.3 is 0 Å². The average molecular weight is 294 g/mol. The molecule has 0 saturated carbocycles. The summed E-state index contributed by atoms with van der Waals surface area (Å²) < 4.78 is 0. The van der Waals surface area contributed by atoms with Gasteiger partial charge in [0.2, 0.25) is 0 Å². The van der Waals surface area contributed by atoms with E-state index in [1.807, 2.05) is 0 Å². The Balaban J connectivity index is 1.75. The first-order chi connectivity index (χ1) is 10.6. The predicted octanol–water partition coefficient (Wildman–Crippen LogP) is 3.72. The van der Waals surface area contributed by atoms with Gasteiger partial charge in [-0.3, -0.25) is 4.90 Å². The van der Waals surface area contributed by atoms with E-state index < -0.39 is 0 Å². The Morgan fingerprint density at radius 2 is 1.59 bits per heavy atom. The fraction of sp³-hybridized carbons (Fsp3) is 0.400. The number of hydrogen-bond acceptors (Lipinski definition) is 2. The molecule has 2 aromatic carbocycles. The van der Waals surface area contributed by atoms with Crippen molar-refractivity contribution in [1.82, 2.24) is 9.80 Å². The SMILES string of the molecule is Cc1cccc(-c2ccc(CN3CCN(C)CC3)c(C)c2)c1. The highest BCUT2D eigenvalue weighted by Gasteiger charge is 2.14. The van der Waals surface area contributed by atoms with Crippen LogP contribution in [0.5, 0.6) is 0 Å². The molecule has 1 aliphatic rings. The Morgan fingerprint density at radius 3 is 2.27 bits per heavy atom. The maximum atomic E-state index is 2.56. The fourth-order valence-corrected chi connectivity index (χ4v) is 3.12. The van der Waals surface area contributed by atoms with E-state index in [1.54, 1.807) is 0 Å². The van der Waals surface area contributed by atoms with Crippen LogP contribution in [0.1, 0.15) is 16.7 Å². The second kappa shape index (κ2) is 6.64. The van der Waals surface area contributed by atoms with Crippen molar-refractivity contribution in [2.45, 2.75) is 20.4 Å². The van der Waals surface area contributed by atoms with Gasteiger partial charge in [-0.25, -0.2) is 0 Å². The fourth-order valence-electron chi connectivity index (χ4n) is 3.12. The zero-order chi connectivity index (χ0) is 15.5. The number of likely N-dealkylation sites (N-methyl/N-ethyl adjacent to an activating group) is 1. The summed E-state index contributed by atoms with van der Waals surface area (Å²) in [7, 11) is 2.21. The molecule has 22 heavy (non-hydrogen) atoms. The van der Waals surface area contributed by atoms with E-state index in [1.165, 1.54) is 54.0 Å². The summed E-state index contributed by atoms with van der Waals surface area (Å²) in [6.45, 7) is 10.2. The molecule has 0 atom stereocenters. The number of aryl methyl sites for hydroxylation is 2. The summed E-state index contributed by atoms with van der Waals surface area (Å²) in [5, 5.41) is 0. The monoisotopic (exact) mass is 294 g/mol. The predicted molar refractivity (Wildman–Crippen MR) is 94.1 cm³/mol. The number of benzene rings is 2. The Morgan fingerprint density at radius 1 is 0.864 bits per heavy atom. The molecule has 2 nitrogen and oxygen atoms in total. The molecule has 1 fully saturated rings. The van der Waals surface area contributed by atoms with Crippen molar-refractivity contribution < 1.29 is 0 Å². The standard InChI is InChI=1S/C20H26N2/c1-16-5-4-6-18(13-16)19-7-8-20(17(2)14-19)15-22-11-9-21(3)10-12-22/h4-8,13-14H,9-12,15H2,1-3H3. The molecule has 1 heterocycles. The van der Waals surface area contributed by atoms with Gasteiger partial charge in [0.15, 0.2) is 0 Å². The van der Waals surface area contributed by atoms with Crippen molar-refractivity contribution in [3.8, 4) is 11.1 Å². The lowest BCUT2D eigenvalue weighted by Gasteiger charge is -2.32. The van der Waals surface area contributed by atoms with Crippen LogP contribution in [-0.2, 0) is 6.54 Å². The summed E-state index contributed by atoms with van der Waals surface area (Å²) >= 11 is 0. The van der Waals surface area contributed by atoms with Crippen LogP contribution in [0.3, 0.4) is 0 Å². The minimum absolute atomic E-state index is 1.08. The van der Waals surface area contributed by atoms with Gasteiger partial charge < -0.3 is 4.90 Å². The minimum Gasteiger partial charge on any atom is -0.304 e. The third-order valence-electron chi connectivity index (χ3n) is 4.68. The normalized spacial score (nSPS) is 16.9. The third-order valence-corrected chi connectivity index (χ3v) is 4.68. The molecule has 0 aromatic heterocycles. The molecule has 1 aliphatic heterocycles. The number of nitrogens with zero attached hydrogens (tertiary/aromatic N) is 2. The molecule has 116 valence electrons. The van der Waals surface area contributed by atoms with Crippen LogP contribution in [-0.4, -0.2) is 43.0 Å². The van der Waals surface area contributed by atoms with Gasteiger partial charge in [0.25, 0.3) is 0 Å². The zero-order valence-electron chi connectivity index (χ0n) is 14.0. The first kappa shape index (κ1) is 15.3. The van der Waals surface area contributed by atoms with Gasteiger partial charge in [-0.1, -0.05) is 48.0 Å². The maximum Gasteiger partial charge on any atom is 0.0237 e. The summed E-state index contributed by atoms with van der Waals surface area (Å²) in [5.41, 5.74) is 6.81. The quantitative estimate of drug-likeness (QED) is 0.851. The van der Waals surface area contributed by atoms with E-state index >= 15 is 0 Å². The summed E-state index contributed by atoms with van der Waals surface area (Å²) in [4.78, 5) is 4.97. The first-order valence-corrected chi connectivity index (χ1v) is 8.19. The Kier molecular flexibility index (Phi) is 4.60. The largest absolute Gasteiger partial charge is 0.304 e. The first-order valence-electron chi connectivity index (χ1n) is 8.19. The Hall–Kier alpha value is -1.64. The van der Waals surface area contributed by atoms with Gasteiger partial charge in [0.05, 0.1) is 0 Å². The number of piperazine rings is 1. The molecular weight excluding hydrogens is 268 g/mol. The summed E-state index contributed by atoms with van der Waals surface area (Å²) in [5.74, 6) is 0. The molecule has 0 radical (unpaired) electrons. The highest BCUT2D eigenvalue weighted by molar-refractivity contribution is 5.65. The Labute approximate surface area is 134 Å². The van der Waals surface area contributed by atoms with Gasteiger partial charge in [-0.15, -0.1) is 0 Å². The molecule has 1 saturated heterocycles. The topological polar surface area (TPSA) is 6.48 Å². The highest BCUT2D eigenvalue weighted by Crippen LogP contribution is 2.24. The van der Waals surface area contributed by atoms with Crippen LogP contribution in [0.25, 0.3) is 11.1 Å².